The summed E-state index contributed by atoms with van der Waals surface area (Å²) in [5.41, 5.74) is 18.5. The van der Waals surface area contributed by atoms with Crippen molar-refractivity contribution >= 4 is 49.2 Å². The van der Waals surface area contributed by atoms with Crippen LogP contribution in [0.3, 0.4) is 0 Å². The van der Waals surface area contributed by atoms with Crippen molar-refractivity contribution in [2.75, 3.05) is 0 Å². The monoisotopic (exact) mass is 945 g/mol. The number of rotatable bonds is 9. The minimum atomic E-state index is 0.595. The Morgan fingerprint density at radius 1 is 0.297 bits per heavy atom. The molecular formula is C69H47N5. The van der Waals surface area contributed by atoms with Crippen molar-refractivity contribution in [3.05, 3.63) is 266 Å². The van der Waals surface area contributed by atoms with E-state index in [9.17, 15) is 0 Å². The second-order valence-electron chi connectivity index (χ2n) is 19.0. The molecule has 348 valence electrons. The summed E-state index contributed by atoms with van der Waals surface area (Å²) in [5, 5.41) is 4.82. The van der Waals surface area contributed by atoms with Crippen molar-refractivity contribution in [1.82, 2.24) is 24.1 Å². The first-order valence-corrected chi connectivity index (χ1v) is 25.4. The van der Waals surface area contributed by atoms with Gasteiger partial charge in [0.2, 0.25) is 0 Å². The molecule has 0 amide bonds. The van der Waals surface area contributed by atoms with Crippen LogP contribution >= 0.6 is 0 Å². The number of fused-ring (bicyclic) bond motifs is 6. The first kappa shape index (κ1) is 43.1. The second-order valence-corrected chi connectivity index (χ2v) is 19.0. The van der Waals surface area contributed by atoms with Gasteiger partial charge in [-0.1, -0.05) is 218 Å². The predicted molar refractivity (Wildman–Crippen MR) is 307 cm³/mol. The van der Waals surface area contributed by atoms with E-state index in [1.54, 1.807) is 0 Å². The normalized spacial score (nSPS) is 12.5. The Balaban J connectivity index is 1.09. The van der Waals surface area contributed by atoms with E-state index in [1.807, 2.05) is 36.4 Å². The van der Waals surface area contributed by atoms with Gasteiger partial charge >= 0.3 is 0 Å². The van der Waals surface area contributed by atoms with Crippen LogP contribution in [0.4, 0.5) is 0 Å². The van der Waals surface area contributed by atoms with Crippen molar-refractivity contribution in [3.8, 4) is 78.9 Å². The van der Waals surface area contributed by atoms with E-state index < -0.39 is 0 Å². The molecule has 0 atom stereocenters. The lowest BCUT2D eigenvalue weighted by molar-refractivity contribution is 1.04. The van der Waals surface area contributed by atoms with Crippen molar-refractivity contribution in [2.24, 2.45) is 0 Å². The number of hydrogen-bond acceptors (Lipinski definition) is 3. The van der Waals surface area contributed by atoms with Crippen LogP contribution in [-0.2, 0) is 0 Å². The average Bonchev–Trinajstić information content (AvgIpc) is 4.00. The predicted octanol–water partition coefficient (Wildman–Crippen LogP) is 17.8. The van der Waals surface area contributed by atoms with Crippen molar-refractivity contribution < 1.29 is 0 Å². The molecule has 0 spiro atoms. The van der Waals surface area contributed by atoms with Crippen LogP contribution in [0, 0.1) is 0 Å². The zero-order chi connectivity index (χ0) is 49.0. The summed E-state index contributed by atoms with van der Waals surface area (Å²) in [5.74, 6) is 1.83. The summed E-state index contributed by atoms with van der Waals surface area (Å²) in [6.45, 7) is 0. The summed E-state index contributed by atoms with van der Waals surface area (Å²) in [7, 11) is 0. The molecule has 5 nitrogen and oxygen atoms in total. The molecule has 3 heterocycles. The SMILES string of the molecule is C1=CC(c2ccc(-c3cc(-c4nc(-c5ccccc5)nc(-c5ccccc5)n4)cc(-c4ccc(-c5ccccc5)cc4)c3-n3c4ccccc4c4ccc(-n5c6ccccc6c6ccccc65)cc43)cc2)=CCC1. The maximum absolute atomic E-state index is 5.33. The number of para-hydroxylation sites is 3. The van der Waals surface area contributed by atoms with Gasteiger partial charge in [0.15, 0.2) is 17.5 Å². The van der Waals surface area contributed by atoms with E-state index in [4.69, 9.17) is 15.0 Å². The van der Waals surface area contributed by atoms with Gasteiger partial charge in [0.05, 0.1) is 27.8 Å². The standard InChI is InChI=1S/C69H47N5/c1-5-19-46(20-6-1)48-33-37-50(38-34-48)60-43-54(69-71-67(52-23-9-3-10-24-52)70-68(72-69)53-25-11-4-12-26-53)44-61(51-39-35-49(36-40-51)47-21-7-2-8-22-47)66(60)74-64-32-18-15-29-58(64)59-42-41-55(45-65(59)74)73-62-30-16-13-27-56(62)57-28-14-17-31-63(57)73/h1,3-7,9-45H,2,8H2. The number of benzene rings is 10. The van der Waals surface area contributed by atoms with Gasteiger partial charge in [0.25, 0.3) is 0 Å². The molecule has 0 aliphatic heterocycles. The molecule has 1 aliphatic rings. The number of nitrogens with zero attached hydrogens (tertiary/aromatic N) is 5. The molecule has 3 aromatic heterocycles. The first-order chi connectivity index (χ1) is 36.7. The smallest absolute Gasteiger partial charge is 0.164 e. The van der Waals surface area contributed by atoms with Crippen LogP contribution in [0.15, 0.2) is 261 Å². The highest BCUT2D eigenvalue weighted by molar-refractivity contribution is 6.13. The van der Waals surface area contributed by atoms with Crippen molar-refractivity contribution in [1.29, 1.82) is 0 Å². The van der Waals surface area contributed by atoms with Crippen LogP contribution in [0.1, 0.15) is 18.4 Å². The highest BCUT2D eigenvalue weighted by Gasteiger charge is 2.24. The van der Waals surface area contributed by atoms with E-state index in [1.165, 1.54) is 49.3 Å². The topological polar surface area (TPSA) is 48.5 Å². The highest BCUT2D eigenvalue weighted by Crippen LogP contribution is 2.45. The highest BCUT2D eigenvalue weighted by atomic mass is 15.0. The molecule has 0 fully saturated rings. The lowest BCUT2D eigenvalue weighted by Crippen LogP contribution is -2.04. The number of allylic oxidation sites excluding steroid dienone is 4. The number of hydrogen-bond donors (Lipinski definition) is 0. The van der Waals surface area contributed by atoms with Crippen LogP contribution in [-0.4, -0.2) is 24.1 Å². The van der Waals surface area contributed by atoms with Crippen molar-refractivity contribution in [3.63, 3.8) is 0 Å². The lowest BCUT2D eigenvalue weighted by atomic mass is 9.90. The first-order valence-electron chi connectivity index (χ1n) is 25.4. The summed E-state index contributed by atoms with van der Waals surface area (Å²) < 4.78 is 4.93. The molecule has 0 N–H and O–H groups in total. The average molecular weight is 946 g/mol. The molecule has 0 unspecified atom stereocenters. The van der Waals surface area contributed by atoms with Crippen LogP contribution in [0.2, 0.25) is 0 Å². The minimum Gasteiger partial charge on any atom is -0.309 e. The maximum atomic E-state index is 5.33. The molecule has 1 aliphatic carbocycles. The van der Waals surface area contributed by atoms with Crippen molar-refractivity contribution in [2.45, 2.75) is 12.8 Å². The van der Waals surface area contributed by atoms with Gasteiger partial charge in [0, 0.05) is 55.0 Å². The van der Waals surface area contributed by atoms with Gasteiger partial charge in [-0.05, 0) is 88.7 Å². The Morgan fingerprint density at radius 3 is 1.23 bits per heavy atom. The summed E-state index contributed by atoms with van der Waals surface area (Å²) in [4.78, 5) is 15.8. The molecule has 14 rings (SSSR count). The van der Waals surface area contributed by atoms with Crippen LogP contribution in [0.5, 0.6) is 0 Å². The van der Waals surface area contributed by atoms with Gasteiger partial charge in [-0.3, -0.25) is 0 Å². The third-order valence-corrected chi connectivity index (χ3v) is 14.6. The second kappa shape index (κ2) is 18.2. The molecule has 0 bridgehead atoms. The van der Waals surface area contributed by atoms with Gasteiger partial charge in [-0.2, -0.15) is 0 Å². The third kappa shape index (κ3) is 7.53. The number of aromatic nitrogens is 5. The molecule has 74 heavy (non-hydrogen) atoms. The zero-order valence-corrected chi connectivity index (χ0v) is 40.5. The molecule has 0 saturated heterocycles. The van der Waals surface area contributed by atoms with E-state index in [0.717, 1.165) is 79.8 Å². The van der Waals surface area contributed by atoms with Gasteiger partial charge < -0.3 is 9.13 Å². The Kier molecular flexibility index (Phi) is 10.6. The fraction of sp³-hybridized carbons (Fsp3) is 0.0290. The fourth-order valence-corrected chi connectivity index (χ4v) is 11.1. The van der Waals surface area contributed by atoms with E-state index in [0.29, 0.717) is 17.5 Å². The quantitative estimate of drug-likeness (QED) is 0.145. The van der Waals surface area contributed by atoms with Gasteiger partial charge in [-0.25, -0.2) is 15.0 Å². The molecule has 13 aromatic rings. The molecule has 0 radical (unpaired) electrons. The Hall–Kier alpha value is -9.71. The van der Waals surface area contributed by atoms with E-state index in [-0.39, 0.29) is 0 Å². The Morgan fingerprint density at radius 2 is 0.716 bits per heavy atom. The maximum Gasteiger partial charge on any atom is 0.164 e. The van der Waals surface area contributed by atoms with Gasteiger partial charge in [0.1, 0.15) is 0 Å². The van der Waals surface area contributed by atoms with E-state index in [2.05, 4.69) is 234 Å². The zero-order valence-electron chi connectivity index (χ0n) is 40.5. The lowest BCUT2D eigenvalue weighted by Gasteiger charge is -2.22. The molecular weight excluding hydrogens is 899 g/mol. The van der Waals surface area contributed by atoms with Crippen LogP contribution in [0.25, 0.3) is 128 Å². The summed E-state index contributed by atoms with van der Waals surface area (Å²) >= 11 is 0. The largest absolute Gasteiger partial charge is 0.309 e. The van der Waals surface area contributed by atoms with Gasteiger partial charge in [-0.15, -0.1) is 0 Å². The Bertz CT molecular complexity index is 4210. The van der Waals surface area contributed by atoms with Crippen LogP contribution < -0.4 is 0 Å². The molecule has 10 aromatic carbocycles. The minimum absolute atomic E-state index is 0.595. The molecule has 0 saturated carbocycles. The summed E-state index contributed by atoms with van der Waals surface area (Å²) in [6, 6.07) is 87.2. The fourth-order valence-electron chi connectivity index (χ4n) is 11.1. The molecule has 5 heteroatoms. The third-order valence-electron chi connectivity index (χ3n) is 14.6. The summed E-state index contributed by atoms with van der Waals surface area (Å²) in [6.07, 6.45) is 8.99. The van der Waals surface area contributed by atoms with E-state index >= 15 is 0 Å². The Labute approximate surface area is 429 Å².